The summed E-state index contributed by atoms with van der Waals surface area (Å²) in [5.41, 5.74) is 0.701. The van der Waals surface area contributed by atoms with Crippen molar-refractivity contribution in [2.24, 2.45) is 0 Å². The van der Waals surface area contributed by atoms with E-state index in [0.29, 0.717) is 19.4 Å². The minimum atomic E-state index is -0.858. The van der Waals surface area contributed by atoms with Crippen LogP contribution in [0.2, 0.25) is 0 Å². The Kier molecular flexibility index (Phi) is 6.61. The van der Waals surface area contributed by atoms with Crippen LogP contribution in [0.3, 0.4) is 0 Å². The molecule has 2 amide bonds. The first kappa shape index (κ1) is 18.3. The van der Waals surface area contributed by atoms with Gasteiger partial charge in [-0.15, -0.1) is 0 Å². The number of nitrogens with one attached hydrogen (secondary N) is 2. The van der Waals surface area contributed by atoms with E-state index in [1.54, 1.807) is 0 Å². The molecule has 1 aliphatic rings. The van der Waals surface area contributed by atoms with Gasteiger partial charge in [0.1, 0.15) is 0 Å². The van der Waals surface area contributed by atoms with Gasteiger partial charge in [0.05, 0.1) is 12.1 Å². The zero-order valence-electron chi connectivity index (χ0n) is 14.1. The summed E-state index contributed by atoms with van der Waals surface area (Å²) in [5.74, 6) is -0.858. The van der Waals surface area contributed by atoms with Crippen molar-refractivity contribution in [3.63, 3.8) is 0 Å². The summed E-state index contributed by atoms with van der Waals surface area (Å²) in [6.45, 7) is 3.20. The number of benzene rings is 1. The number of amides is 2. The van der Waals surface area contributed by atoms with Crippen molar-refractivity contribution >= 4 is 12.0 Å². The Hall–Kier alpha value is -2.08. The molecule has 0 bridgehead atoms. The summed E-state index contributed by atoms with van der Waals surface area (Å²) >= 11 is 0. The normalized spacial score (nSPS) is 21.7. The Bertz CT molecular complexity index is 541. The van der Waals surface area contributed by atoms with E-state index in [0.717, 1.165) is 25.0 Å². The Morgan fingerprint density at radius 1 is 1.33 bits per heavy atom. The molecule has 0 aliphatic carbocycles. The highest BCUT2D eigenvalue weighted by atomic mass is 16.5. The third kappa shape index (κ3) is 6.20. The molecular formula is C18H26N2O4. The lowest BCUT2D eigenvalue weighted by molar-refractivity contribution is -0.137. The van der Waals surface area contributed by atoms with Crippen molar-refractivity contribution in [1.29, 1.82) is 0 Å². The smallest absolute Gasteiger partial charge is 0.315 e. The molecule has 6 nitrogen and oxygen atoms in total. The maximum Gasteiger partial charge on any atom is 0.315 e. The predicted octanol–water partition coefficient (Wildman–Crippen LogP) is 2.33. The molecule has 132 valence electrons. The number of hydrogen-bond acceptors (Lipinski definition) is 3. The Morgan fingerprint density at radius 3 is 2.71 bits per heavy atom. The highest BCUT2D eigenvalue weighted by Crippen LogP contribution is 2.18. The molecule has 0 radical (unpaired) electrons. The molecule has 2 rings (SSSR count). The largest absolute Gasteiger partial charge is 0.481 e. The summed E-state index contributed by atoms with van der Waals surface area (Å²) in [6, 6.07) is 9.26. The number of hydrogen-bond donors (Lipinski definition) is 3. The average Bonchev–Trinajstić information content (AvgIpc) is 2.53. The number of ether oxygens (including phenoxy) is 1. The van der Waals surface area contributed by atoms with Gasteiger partial charge in [0.2, 0.25) is 0 Å². The molecule has 2 atom stereocenters. The van der Waals surface area contributed by atoms with Crippen LogP contribution < -0.4 is 10.6 Å². The molecule has 1 aromatic carbocycles. The zero-order valence-corrected chi connectivity index (χ0v) is 14.1. The van der Waals surface area contributed by atoms with Crippen molar-refractivity contribution in [2.45, 2.75) is 50.6 Å². The SMILES string of the molecule is CC1(NC(=O)NC(CCC(=O)O)Cc2ccccc2)CCCOC1. The van der Waals surface area contributed by atoms with Gasteiger partial charge in [-0.25, -0.2) is 4.79 Å². The molecule has 1 aliphatic heterocycles. The van der Waals surface area contributed by atoms with Crippen LogP contribution in [-0.2, 0) is 16.0 Å². The van der Waals surface area contributed by atoms with Crippen molar-refractivity contribution in [2.75, 3.05) is 13.2 Å². The molecule has 1 aromatic rings. The summed E-state index contributed by atoms with van der Waals surface area (Å²) in [7, 11) is 0. The highest BCUT2D eigenvalue weighted by molar-refractivity contribution is 5.75. The van der Waals surface area contributed by atoms with Gasteiger partial charge in [0, 0.05) is 19.1 Å². The van der Waals surface area contributed by atoms with Crippen LogP contribution >= 0.6 is 0 Å². The van der Waals surface area contributed by atoms with Crippen molar-refractivity contribution in [3.05, 3.63) is 35.9 Å². The van der Waals surface area contributed by atoms with E-state index in [9.17, 15) is 9.59 Å². The van der Waals surface area contributed by atoms with Crippen LogP contribution in [0.25, 0.3) is 0 Å². The maximum absolute atomic E-state index is 12.3. The molecule has 1 heterocycles. The van der Waals surface area contributed by atoms with Gasteiger partial charge < -0.3 is 20.5 Å². The lowest BCUT2D eigenvalue weighted by atomic mass is 9.95. The number of carboxylic acids is 1. The van der Waals surface area contributed by atoms with Gasteiger partial charge in [0.25, 0.3) is 0 Å². The van der Waals surface area contributed by atoms with Crippen LogP contribution in [0.5, 0.6) is 0 Å². The van der Waals surface area contributed by atoms with Crippen molar-refractivity contribution < 1.29 is 19.4 Å². The van der Waals surface area contributed by atoms with Crippen molar-refractivity contribution in [1.82, 2.24) is 10.6 Å². The fraction of sp³-hybridized carbons (Fsp3) is 0.556. The van der Waals surface area contributed by atoms with E-state index >= 15 is 0 Å². The molecule has 1 saturated heterocycles. The first-order valence-corrected chi connectivity index (χ1v) is 8.39. The minimum absolute atomic E-state index is 0.0260. The monoisotopic (exact) mass is 334 g/mol. The molecule has 2 unspecified atom stereocenters. The van der Waals surface area contributed by atoms with Crippen molar-refractivity contribution in [3.8, 4) is 0 Å². The Morgan fingerprint density at radius 2 is 2.08 bits per heavy atom. The molecule has 24 heavy (non-hydrogen) atoms. The second kappa shape index (κ2) is 8.68. The van der Waals surface area contributed by atoms with E-state index in [2.05, 4.69) is 10.6 Å². The Balaban J connectivity index is 1.93. The summed E-state index contributed by atoms with van der Waals surface area (Å²) in [4.78, 5) is 23.2. The molecular weight excluding hydrogens is 308 g/mol. The number of urea groups is 1. The zero-order chi connectivity index (χ0) is 17.4. The lowest BCUT2D eigenvalue weighted by Gasteiger charge is -2.34. The van der Waals surface area contributed by atoms with Crippen LogP contribution in [0.15, 0.2) is 30.3 Å². The lowest BCUT2D eigenvalue weighted by Crippen LogP contribution is -2.56. The molecule has 0 aromatic heterocycles. The van der Waals surface area contributed by atoms with Gasteiger partial charge in [-0.3, -0.25) is 4.79 Å². The number of carboxylic acid groups (broad SMARTS) is 1. The maximum atomic E-state index is 12.3. The molecule has 1 fully saturated rings. The number of carbonyl (C=O) groups excluding carboxylic acids is 1. The fourth-order valence-electron chi connectivity index (χ4n) is 2.95. The summed E-state index contributed by atoms with van der Waals surface area (Å²) in [5, 5.41) is 14.8. The van der Waals surface area contributed by atoms with E-state index in [1.807, 2.05) is 37.3 Å². The van der Waals surface area contributed by atoms with Gasteiger partial charge >= 0.3 is 12.0 Å². The van der Waals surface area contributed by atoms with Crippen LogP contribution in [0.4, 0.5) is 4.79 Å². The molecule has 3 N–H and O–H groups in total. The quantitative estimate of drug-likeness (QED) is 0.714. The van der Waals surface area contributed by atoms with E-state index in [4.69, 9.17) is 9.84 Å². The average molecular weight is 334 g/mol. The number of carbonyl (C=O) groups is 2. The van der Waals surface area contributed by atoms with Gasteiger partial charge in [0.15, 0.2) is 0 Å². The molecule has 0 spiro atoms. The number of aliphatic carboxylic acids is 1. The second-order valence-corrected chi connectivity index (χ2v) is 6.63. The third-order valence-corrected chi connectivity index (χ3v) is 4.22. The van der Waals surface area contributed by atoms with E-state index < -0.39 is 5.97 Å². The van der Waals surface area contributed by atoms with E-state index in [-0.39, 0.29) is 24.0 Å². The van der Waals surface area contributed by atoms with Gasteiger partial charge in [-0.1, -0.05) is 30.3 Å². The van der Waals surface area contributed by atoms with Crippen LogP contribution in [0, 0.1) is 0 Å². The molecule has 0 saturated carbocycles. The fourth-order valence-corrected chi connectivity index (χ4v) is 2.95. The standard InChI is InChI=1S/C18H26N2O4/c1-18(10-5-11-24-13-18)20-17(23)19-15(8-9-16(21)22)12-14-6-3-2-4-7-14/h2-4,6-7,15H,5,8-13H2,1H3,(H,21,22)(H2,19,20,23). The third-order valence-electron chi connectivity index (χ3n) is 4.22. The summed E-state index contributed by atoms with van der Waals surface area (Å²) < 4.78 is 5.45. The van der Waals surface area contributed by atoms with Gasteiger partial charge in [-0.05, 0) is 38.2 Å². The molecule has 6 heteroatoms. The van der Waals surface area contributed by atoms with E-state index in [1.165, 1.54) is 0 Å². The Labute approximate surface area is 142 Å². The van der Waals surface area contributed by atoms with Crippen LogP contribution in [-0.4, -0.2) is 41.9 Å². The summed E-state index contributed by atoms with van der Waals surface area (Å²) in [6.07, 6.45) is 2.82. The van der Waals surface area contributed by atoms with Gasteiger partial charge in [-0.2, -0.15) is 0 Å². The first-order chi connectivity index (χ1) is 11.5. The van der Waals surface area contributed by atoms with Crippen LogP contribution in [0.1, 0.15) is 38.2 Å². The minimum Gasteiger partial charge on any atom is -0.481 e. The second-order valence-electron chi connectivity index (χ2n) is 6.63. The topological polar surface area (TPSA) is 87.7 Å². The predicted molar refractivity (Wildman–Crippen MR) is 90.9 cm³/mol. The highest BCUT2D eigenvalue weighted by Gasteiger charge is 2.29. The number of rotatable bonds is 7. The first-order valence-electron chi connectivity index (χ1n) is 8.39.